The van der Waals surface area contributed by atoms with E-state index in [4.69, 9.17) is 29.3 Å². The summed E-state index contributed by atoms with van der Waals surface area (Å²) in [7, 11) is 0. The molecule has 11 aromatic rings. The molecular weight excluding hydrogens is 747 g/mol. The molecule has 0 saturated heterocycles. The minimum atomic E-state index is 0.571. The van der Waals surface area contributed by atoms with Crippen molar-refractivity contribution < 1.29 is 4.42 Å². The van der Waals surface area contributed by atoms with Gasteiger partial charge in [0.25, 0.3) is 0 Å². The number of rotatable bonds is 8. The lowest BCUT2D eigenvalue weighted by Gasteiger charge is -2.12. The van der Waals surface area contributed by atoms with Crippen molar-refractivity contribution in [1.29, 1.82) is 0 Å². The molecule has 0 radical (unpaired) electrons. The van der Waals surface area contributed by atoms with Crippen molar-refractivity contribution >= 4 is 21.9 Å². The van der Waals surface area contributed by atoms with E-state index in [0.717, 1.165) is 83.4 Å². The molecule has 6 heteroatoms. The Kier molecular flexibility index (Phi) is 9.06. The monoisotopic (exact) mass is 781 g/mol. The third kappa shape index (κ3) is 7.13. The van der Waals surface area contributed by atoms with E-state index in [-0.39, 0.29) is 0 Å². The van der Waals surface area contributed by atoms with E-state index in [9.17, 15) is 0 Å². The van der Waals surface area contributed by atoms with Gasteiger partial charge >= 0.3 is 0 Å². The average Bonchev–Trinajstić information content (AvgIpc) is 3.73. The first kappa shape index (κ1) is 35.8. The standard InChI is InChI=1S/C55H35N5O/c1-4-14-36(15-5-1)37-26-28-38(29-27-37)48-35-49(57-52(56-48)39-16-6-2-7-17-39)43-22-12-20-41(32-43)42-21-13-23-44(33-42)54-58-53(40-18-8-3-9-19-40)59-55(60-54)45-30-31-47-46-24-10-11-25-50(46)61-51(47)34-45/h1-35H. The molecule has 6 nitrogen and oxygen atoms in total. The fraction of sp³-hybridized carbons (Fsp3) is 0. The molecule has 0 fully saturated rings. The molecule has 0 amide bonds. The molecule has 0 spiro atoms. The Labute approximate surface area is 352 Å². The molecule has 61 heavy (non-hydrogen) atoms. The summed E-state index contributed by atoms with van der Waals surface area (Å²) in [6, 6.07) is 72.4. The van der Waals surface area contributed by atoms with Crippen LogP contribution in [-0.2, 0) is 0 Å². The summed E-state index contributed by atoms with van der Waals surface area (Å²) < 4.78 is 6.25. The van der Waals surface area contributed by atoms with Gasteiger partial charge in [0.1, 0.15) is 11.2 Å². The van der Waals surface area contributed by atoms with E-state index in [1.807, 2.05) is 78.9 Å². The van der Waals surface area contributed by atoms with Crippen molar-refractivity contribution in [3.8, 4) is 90.3 Å². The van der Waals surface area contributed by atoms with Crippen LogP contribution >= 0.6 is 0 Å². The number of benzene rings is 8. The van der Waals surface area contributed by atoms with Crippen molar-refractivity contribution in [3.05, 3.63) is 212 Å². The molecule has 0 atom stereocenters. The Hall–Kier alpha value is -8.35. The van der Waals surface area contributed by atoms with E-state index in [2.05, 4.69) is 133 Å². The summed E-state index contributed by atoms with van der Waals surface area (Å²) >= 11 is 0. The molecular formula is C55H35N5O. The van der Waals surface area contributed by atoms with Gasteiger partial charge in [0.2, 0.25) is 0 Å². The zero-order valence-corrected chi connectivity index (χ0v) is 32.9. The number of para-hydroxylation sites is 1. The number of aromatic nitrogens is 5. The van der Waals surface area contributed by atoms with Gasteiger partial charge < -0.3 is 4.42 Å². The van der Waals surface area contributed by atoms with Crippen LogP contribution < -0.4 is 0 Å². The summed E-state index contributed by atoms with van der Waals surface area (Å²) in [4.78, 5) is 25.3. The molecule has 0 aliphatic heterocycles. The highest BCUT2D eigenvalue weighted by molar-refractivity contribution is 6.05. The molecule has 3 aromatic heterocycles. The molecule has 0 bridgehead atoms. The summed E-state index contributed by atoms with van der Waals surface area (Å²) in [5.74, 6) is 2.42. The second-order valence-electron chi connectivity index (χ2n) is 14.9. The maximum absolute atomic E-state index is 6.25. The van der Waals surface area contributed by atoms with Crippen LogP contribution in [0.25, 0.3) is 112 Å². The van der Waals surface area contributed by atoms with Crippen LogP contribution in [0.5, 0.6) is 0 Å². The maximum Gasteiger partial charge on any atom is 0.164 e. The van der Waals surface area contributed by atoms with Gasteiger partial charge in [0.05, 0.1) is 11.4 Å². The average molecular weight is 782 g/mol. The molecule has 0 N–H and O–H groups in total. The highest BCUT2D eigenvalue weighted by Crippen LogP contribution is 2.35. The van der Waals surface area contributed by atoms with Gasteiger partial charge in [-0.1, -0.05) is 176 Å². The van der Waals surface area contributed by atoms with Gasteiger partial charge in [-0.25, -0.2) is 24.9 Å². The third-order valence-electron chi connectivity index (χ3n) is 11.0. The summed E-state index contributed by atoms with van der Waals surface area (Å²) in [6.07, 6.45) is 0. The topological polar surface area (TPSA) is 77.6 Å². The lowest BCUT2D eigenvalue weighted by atomic mass is 9.98. The Morgan fingerprint density at radius 3 is 1.30 bits per heavy atom. The third-order valence-corrected chi connectivity index (χ3v) is 11.0. The molecule has 0 unspecified atom stereocenters. The van der Waals surface area contributed by atoms with E-state index in [1.54, 1.807) is 0 Å². The minimum Gasteiger partial charge on any atom is -0.456 e. The van der Waals surface area contributed by atoms with Crippen molar-refractivity contribution in [2.24, 2.45) is 0 Å². The van der Waals surface area contributed by atoms with E-state index < -0.39 is 0 Å². The van der Waals surface area contributed by atoms with Gasteiger partial charge in [0, 0.05) is 44.2 Å². The van der Waals surface area contributed by atoms with Crippen LogP contribution in [0.15, 0.2) is 217 Å². The van der Waals surface area contributed by atoms with E-state index >= 15 is 0 Å². The lowest BCUT2D eigenvalue weighted by Crippen LogP contribution is -2.00. The smallest absolute Gasteiger partial charge is 0.164 e. The van der Waals surface area contributed by atoms with Gasteiger partial charge in [-0.15, -0.1) is 0 Å². The fourth-order valence-electron chi connectivity index (χ4n) is 7.83. The van der Waals surface area contributed by atoms with Gasteiger partial charge in [-0.3, -0.25) is 0 Å². The first-order chi connectivity index (χ1) is 30.2. The second-order valence-corrected chi connectivity index (χ2v) is 14.9. The van der Waals surface area contributed by atoms with Crippen molar-refractivity contribution in [2.75, 3.05) is 0 Å². The van der Waals surface area contributed by atoms with Crippen molar-refractivity contribution in [3.63, 3.8) is 0 Å². The fourth-order valence-corrected chi connectivity index (χ4v) is 7.83. The van der Waals surface area contributed by atoms with Crippen molar-refractivity contribution in [1.82, 2.24) is 24.9 Å². The Balaban J connectivity index is 0.977. The van der Waals surface area contributed by atoms with Crippen LogP contribution in [0.4, 0.5) is 0 Å². The molecule has 0 aliphatic carbocycles. The quantitative estimate of drug-likeness (QED) is 0.153. The SMILES string of the molecule is c1ccc(-c2ccc(-c3cc(-c4cccc(-c5cccc(-c6nc(-c7ccccc7)nc(-c7ccc8c(c7)oc7ccccc78)n6)c5)c4)nc(-c4ccccc4)n3)cc2)cc1. The number of nitrogens with zero attached hydrogens (tertiary/aromatic N) is 5. The maximum atomic E-state index is 6.25. The second kappa shape index (κ2) is 15.4. The largest absolute Gasteiger partial charge is 0.456 e. The van der Waals surface area contributed by atoms with E-state index in [0.29, 0.717) is 23.3 Å². The Morgan fingerprint density at radius 2 is 0.639 bits per heavy atom. The molecule has 3 heterocycles. The molecule has 286 valence electrons. The summed E-state index contributed by atoms with van der Waals surface area (Å²) in [5.41, 5.74) is 13.3. The number of furan rings is 1. The van der Waals surface area contributed by atoms with Gasteiger partial charge in [-0.2, -0.15) is 0 Å². The predicted octanol–water partition coefficient (Wildman–Crippen LogP) is 13.9. The lowest BCUT2D eigenvalue weighted by molar-refractivity contribution is 0.669. The highest BCUT2D eigenvalue weighted by atomic mass is 16.3. The van der Waals surface area contributed by atoms with Gasteiger partial charge in [0.15, 0.2) is 23.3 Å². The summed E-state index contributed by atoms with van der Waals surface area (Å²) in [6.45, 7) is 0. The Bertz CT molecular complexity index is 3350. The van der Waals surface area contributed by atoms with Crippen molar-refractivity contribution in [2.45, 2.75) is 0 Å². The zero-order chi connectivity index (χ0) is 40.5. The van der Waals surface area contributed by atoms with Crippen LogP contribution in [-0.4, -0.2) is 24.9 Å². The zero-order valence-electron chi connectivity index (χ0n) is 32.9. The minimum absolute atomic E-state index is 0.571. The number of hydrogen-bond acceptors (Lipinski definition) is 6. The normalized spacial score (nSPS) is 11.3. The first-order valence-electron chi connectivity index (χ1n) is 20.2. The van der Waals surface area contributed by atoms with Gasteiger partial charge in [-0.05, 0) is 58.7 Å². The van der Waals surface area contributed by atoms with Crippen LogP contribution in [0.1, 0.15) is 0 Å². The van der Waals surface area contributed by atoms with E-state index in [1.165, 1.54) is 5.56 Å². The van der Waals surface area contributed by atoms with Crippen LogP contribution in [0, 0.1) is 0 Å². The summed E-state index contributed by atoms with van der Waals surface area (Å²) in [5, 5.41) is 2.13. The number of fused-ring (bicyclic) bond motifs is 3. The number of hydrogen-bond donors (Lipinski definition) is 0. The molecule has 8 aromatic carbocycles. The predicted molar refractivity (Wildman–Crippen MR) is 246 cm³/mol. The molecule has 11 rings (SSSR count). The Morgan fingerprint density at radius 1 is 0.230 bits per heavy atom. The van der Waals surface area contributed by atoms with Crippen LogP contribution in [0.3, 0.4) is 0 Å². The highest BCUT2D eigenvalue weighted by Gasteiger charge is 2.16. The first-order valence-corrected chi connectivity index (χ1v) is 20.2. The molecule has 0 aliphatic rings. The molecule has 0 saturated carbocycles. The van der Waals surface area contributed by atoms with Crippen LogP contribution in [0.2, 0.25) is 0 Å².